The average molecular weight is 361 g/mol. The van der Waals surface area contributed by atoms with Crippen LogP contribution in [0.25, 0.3) is 10.8 Å². The van der Waals surface area contributed by atoms with Gasteiger partial charge in [-0.05, 0) is 47.0 Å². The van der Waals surface area contributed by atoms with Gasteiger partial charge in [0.25, 0.3) is 5.91 Å². The van der Waals surface area contributed by atoms with Crippen molar-refractivity contribution >= 4 is 28.4 Å². The molecule has 5 nitrogen and oxygen atoms in total. The Kier molecular flexibility index (Phi) is 5.41. The highest BCUT2D eigenvalue weighted by atomic mass is 16.2. The molecule has 27 heavy (non-hydrogen) atoms. The molecule has 0 aliphatic heterocycles. The molecule has 0 aliphatic rings. The number of rotatable bonds is 4. The molecular formula is C22H23N3O2. The van der Waals surface area contributed by atoms with Gasteiger partial charge in [-0.2, -0.15) is 0 Å². The Labute approximate surface area is 159 Å². The molecule has 0 spiro atoms. The zero-order valence-electron chi connectivity index (χ0n) is 15.7. The molecular weight excluding hydrogens is 338 g/mol. The van der Waals surface area contributed by atoms with Crippen LogP contribution in [0.3, 0.4) is 0 Å². The number of aryl methyl sites for hydroxylation is 1. The van der Waals surface area contributed by atoms with Crippen LogP contribution in [0, 0.1) is 6.92 Å². The summed E-state index contributed by atoms with van der Waals surface area (Å²) in [4.78, 5) is 26.0. The Hall–Kier alpha value is -3.34. The van der Waals surface area contributed by atoms with Gasteiger partial charge in [-0.15, -0.1) is 0 Å². The molecule has 5 heteroatoms. The first-order chi connectivity index (χ1) is 13.0. The Morgan fingerprint density at radius 1 is 1.00 bits per heavy atom. The maximum absolute atomic E-state index is 12.6. The highest BCUT2D eigenvalue weighted by Gasteiger charge is 2.13. The maximum Gasteiger partial charge on any atom is 0.321 e. The van der Waals surface area contributed by atoms with Crippen molar-refractivity contribution in [2.75, 3.05) is 19.4 Å². The van der Waals surface area contributed by atoms with E-state index in [1.165, 1.54) is 0 Å². The lowest BCUT2D eigenvalue weighted by atomic mass is 10.0. The predicted molar refractivity (Wildman–Crippen MR) is 109 cm³/mol. The molecule has 0 aliphatic carbocycles. The topological polar surface area (TPSA) is 61.4 Å². The van der Waals surface area contributed by atoms with Gasteiger partial charge < -0.3 is 15.5 Å². The SMILES string of the molecule is CNC(=O)c1ccc(NC(=O)N(C)Cc2cccc3ccccc23)c(C)c1. The van der Waals surface area contributed by atoms with E-state index < -0.39 is 0 Å². The van der Waals surface area contributed by atoms with Gasteiger partial charge in [0.2, 0.25) is 0 Å². The third kappa shape index (κ3) is 4.08. The number of hydrogen-bond acceptors (Lipinski definition) is 2. The summed E-state index contributed by atoms with van der Waals surface area (Å²) < 4.78 is 0. The maximum atomic E-state index is 12.6. The van der Waals surface area contributed by atoms with Gasteiger partial charge in [-0.3, -0.25) is 4.79 Å². The number of hydrogen-bond donors (Lipinski definition) is 2. The fourth-order valence-electron chi connectivity index (χ4n) is 3.06. The number of urea groups is 1. The molecule has 0 bridgehead atoms. The summed E-state index contributed by atoms with van der Waals surface area (Å²) in [5.41, 5.74) is 3.19. The smallest absolute Gasteiger partial charge is 0.321 e. The van der Waals surface area contributed by atoms with E-state index in [4.69, 9.17) is 0 Å². The number of carbonyl (C=O) groups excluding carboxylic acids is 2. The van der Waals surface area contributed by atoms with Gasteiger partial charge >= 0.3 is 6.03 Å². The lowest BCUT2D eigenvalue weighted by Crippen LogP contribution is -2.31. The predicted octanol–water partition coefficient (Wildman–Crippen LogP) is 4.17. The van der Waals surface area contributed by atoms with Crippen LogP contribution < -0.4 is 10.6 Å². The highest BCUT2D eigenvalue weighted by molar-refractivity contribution is 5.96. The van der Waals surface area contributed by atoms with Gasteiger partial charge in [0.15, 0.2) is 0 Å². The van der Waals surface area contributed by atoms with E-state index in [1.54, 1.807) is 37.2 Å². The lowest BCUT2D eigenvalue weighted by molar-refractivity contribution is 0.0963. The molecule has 3 amide bonds. The third-order valence-corrected chi connectivity index (χ3v) is 4.59. The first-order valence-corrected chi connectivity index (χ1v) is 8.81. The molecule has 0 saturated carbocycles. The van der Waals surface area contributed by atoms with Gasteiger partial charge in [-0.1, -0.05) is 42.5 Å². The molecule has 0 fully saturated rings. The van der Waals surface area contributed by atoms with E-state index in [9.17, 15) is 9.59 Å². The van der Waals surface area contributed by atoms with Crippen molar-refractivity contribution in [3.63, 3.8) is 0 Å². The van der Waals surface area contributed by atoms with Crippen molar-refractivity contribution in [2.45, 2.75) is 13.5 Å². The van der Waals surface area contributed by atoms with Crippen LogP contribution in [0.15, 0.2) is 60.7 Å². The summed E-state index contributed by atoms with van der Waals surface area (Å²) in [6.45, 7) is 2.37. The summed E-state index contributed by atoms with van der Waals surface area (Å²) in [7, 11) is 3.36. The molecule has 3 rings (SSSR count). The molecule has 0 aromatic heterocycles. The first-order valence-electron chi connectivity index (χ1n) is 8.81. The van der Waals surface area contributed by atoms with Gasteiger partial charge in [0.05, 0.1) is 0 Å². The number of fused-ring (bicyclic) bond motifs is 1. The van der Waals surface area contributed by atoms with Crippen LogP contribution in [0.1, 0.15) is 21.5 Å². The minimum absolute atomic E-state index is 0.149. The lowest BCUT2D eigenvalue weighted by Gasteiger charge is -2.20. The number of nitrogens with one attached hydrogen (secondary N) is 2. The second-order valence-corrected chi connectivity index (χ2v) is 6.53. The second-order valence-electron chi connectivity index (χ2n) is 6.53. The standard InChI is InChI=1S/C22H23N3O2/c1-15-13-17(21(26)23-2)11-12-20(15)24-22(27)25(3)14-18-9-6-8-16-7-4-5-10-19(16)18/h4-13H,14H2,1-3H3,(H,23,26)(H,24,27). The zero-order valence-corrected chi connectivity index (χ0v) is 15.7. The van der Waals surface area contributed by atoms with Crippen molar-refractivity contribution in [1.82, 2.24) is 10.2 Å². The number of carbonyl (C=O) groups is 2. The van der Waals surface area contributed by atoms with Crippen LogP contribution in [0.4, 0.5) is 10.5 Å². The normalized spacial score (nSPS) is 10.5. The van der Waals surface area contributed by atoms with Crippen LogP contribution in [-0.2, 0) is 6.54 Å². The Morgan fingerprint density at radius 3 is 2.48 bits per heavy atom. The molecule has 2 N–H and O–H groups in total. The van der Waals surface area contributed by atoms with Crippen molar-refractivity contribution in [1.29, 1.82) is 0 Å². The third-order valence-electron chi connectivity index (χ3n) is 4.59. The highest BCUT2D eigenvalue weighted by Crippen LogP contribution is 2.21. The van der Waals surface area contributed by atoms with Crippen molar-refractivity contribution in [3.05, 3.63) is 77.4 Å². The van der Waals surface area contributed by atoms with E-state index in [0.29, 0.717) is 17.8 Å². The van der Waals surface area contributed by atoms with E-state index >= 15 is 0 Å². The summed E-state index contributed by atoms with van der Waals surface area (Å²) in [5, 5.41) is 7.81. The van der Waals surface area contributed by atoms with Crippen molar-refractivity contribution in [3.8, 4) is 0 Å². The number of amides is 3. The summed E-state index contributed by atoms with van der Waals surface area (Å²) in [6, 6.07) is 19.3. The molecule has 3 aromatic carbocycles. The molecule has 0 saturated heterocycles. The fraction of sp³-hybridized carbons (Fsp3) is 0.182. The van der Waals surface area contributed by atoms with E-state index in [-0.39, 0.29) is 11.9 Å². The molecule has 0 heterocycles. The number of benzene rings is 3. The van der Waals surface area contributed by atoms with Gasteiger partial charge in [0.1, 0.15) is 0 Å². The average Bonchev–Trinajstić information content (AvgIpc) is 2.69. The molecule has 0 atom stereocenters. The van der Waals surface area contributed by atoms with Crippen LogP contribution >= 0.6 is 0 Å². The zero-order chi connectivity index (χ0) is 19.4. The van der Waals surface area contributed by atoms with E-state index in [2.05, 4.69) is 28.8 Å². The Morgan fingerprint density at radius 2 is 1.74 bits per heavy atom. The van der Waals surface area contributed by atoms with Crippen LogP contribution in [0.2, 0.25) is 0 Å². The molecule has 0 radical (unpaired) electrons. The summed E-state index contributed by atoms with van der Waals surface area (Å²) >= 11 is 0. The largest absolute Gasteiger partial charge is 0.355 e. The summed E-state index contributed by atoms with van der Waals surface area (Å²) in [6.07, 6.45) is 0. The van der Waals surface area contributed by atoms with Crippen LogP contribution in [0.5, 0.6) is 0 Å². The van der Waals surface area contributed by atoms with Crippen molar-refractivity contribution < 1.29 is 9.59 Å². The quantitative estimate of drug-likeness (QED) is 0.733. The Balaban J connectivity index is 1.73. The van der Waals surface area contributed by atoms with Crippen molar-refractivity contribution in [2.24, 2.45) is 0 Å². The Bertz CT molecular complexity index is 993. The molecule has 3 aromatic rings. The van der Waals surface area contributed by atoms with Gasteiger partial charge in [-0.25, -0.2) is 4.79 Å². The van der Waals surface area contributed by atoms with E-state index in [1.807, 2.05) is 31.2 Å². The second kappa shape index (κ2) is 7.91. The molecule has 138 valence electrons. The number of anilines is 1. The monoisotopic (exact) mass is 361 g/mol. The minimum atomic E-state index is -0.196. The van der Waals surface area contributed by atoms with Gasteiger partial charge in [0, 0.05) is 31.9 Å². The van der Waals surface area contributed by atoms with E-state index in [0.717, 1.165) is 21.9 Å². The number of nitrogens with zero attached hydrogens (tertiary/aromatic N) is 1. The minimum Gasteiger partial charge on any atom is -0.355 e. The molecule has 0 unspecified atom stereocenters. The summed E-state index contributed by atoms with van der Waals surface area (Å²) in [5.74, 6) is -0.149. The first kappa shape index (κ1) is 18.5. The fourth-order valence-corrected chi connectivity index (χ4v) is 3.06. The van der Waals surface area contributed by atoms with Crippen LogP contribution in [-0.4, -0.2) is 30.9 Å².